The number of nitrogens with two attached hydrogens (primary N) is 1. The van der Waals surface area contributed by atoms with Crippen LogP contribution < -0.4 is 5.73 Å². The summed E-state index contributed by atoms with van der Waals surface area (Å²) in [5, 5.41) is 0.999. The fourth-order valence-corrected chi connectivity index (χ4v) is 1.78. The smallest absolute Gasteiger partial charge is 0.162 e. The summed E-state index contributed by atoms with van der Waals surface area (Å²) < 4.78 is 0. The fraction of sp³-hybridized carbons (Fsp3) is 0. The third kappa shape index (κ3) is 1.83. The first-order valence-electron chi connectivity index (χ1n) is 5.42. The summed E-state index contributed by atoms with van der Waals surface area (Å²) in [5.74, 6) is 0.496. The van der Waals surface area contributed by atoms with Crippen molar-refractivity contribution in [2.24, 2.45) is 0 Å². The molecule has 3 aromatic rings. The Labute approximate surface area is 98.9 Å². The first kappa shape index (κ1) is 9.78. The maximum atomic E-state index is 5.66. The number of benzene rings is 1. The molecule has 0 fully saturated rings. The van der Waals surface area contributed by atoms with Crippen LogP contribution in [0.25, 0.3) is 22.3 Å². The van der Waals surface area contributed by atoms with Gasteiger partial charge in [-0.15, -0.1) is 0 Å². The van der Waals surface area contributed by atoms with E-state index in [2.05, 4.69) is 9.97 Å². The van der Waals surface area contributed by atoms with Crippen molar-refractivity contribution < 1.29 is 0 Å². The SMILES string of the molecule is Nc1ccc2ccc(-c3ccccc3)nc2n1. The molecule has 0 atom stereocenters. The van der Waals surface area contributed by atoms with Gasteiger partial charge >= 0.3 is 0 Å². The molecule has 0 saturated carbocycles. The molecule has 82 valence electrons. The van der Waals surface area contributed by atoms with E-state index in [1.807, 2.05) is 48.5 Å². The van der Waals surface area contributed by atoms with E-state index in [-0.39, 0.29) is 0 Å². The van der Waals surface area contributed by atoms with Crippen molar-refractivity contribution in [2.75, 3.05) is 5.73 Å². The van der Waals surface area contributed by atoms with Gasteiger partial charge in [-0.05, 0) is 24.3 Å². The normalized spacial score (nSPS) is 10.6. The maximum Gasteiger partial charge on any atom is 0.162 e. The van der Waals surface area contributed by atoms with Gasteiger partial charge in [-0.2, -0.15) is 0 Å². The first-order chi connectivity index (χ1) is 8.33. The van der Waals surface area contributed by atoms with Gasteiger partial charge in [-0.1, -0.05) is 30.3 Å². The molecule has 2 N–H and O–H groups in total. The van der Waals surface area contributed by atoms with E-state index in [9.17, 15) is 0 Å². The molecule has 2 aromatic heterocycles. The van der Waals surface area contributed by atoms with Crippen LogP contribution in [0.15, 0.2) is 54.6 Å². The molecule has 3 heteroatoms. The lowest BCUT2D eigenvalue weighted by Gasteiger charge is -2.02. The predicted molar refractivity (Wildman–Crippen MR) is 69.4 cm³/mol. The molecule has 0 amide bonds. The van der Waals surface area contributed by atoms with Crippen LogP contribution in [0, 0.1) is 0 Å². The average Bonchev–Trinajstić information content (AvgIpc) is 2.39. The Morgan fingerprint density at radius 1 is 0.765 bits per heavy atom. The van der Waals surface area contributed by atoms with Gasteiger partial charge in [0.15, 0.2) is 5.65 Å². The molecule has 0 aliphatic rings. The van der Waals surface area contributed by atoms with Gasteiger partial charge in [0, 0.05) is 10.9 Å². The van der Waals surface area contributed by atoms with Gasteiger partial charge in [0.2, 0.25) is 0 Å². The summed E-state index contributed by atoms with van der Waals surface area (Å²) in [6.45, 7) is 0. The van der Waals surface area contributed by atoms with Crippen molar-refractivity contribution in [2.45, 2.75) is 0 Å². The highest BCUT2D eigenvalue weighted by atomic mass is 14.9. The quantitative estimate of drug-likeness (QED) is 0.687. The largest absolute Gasteiger partial charge is 0.384 e. The molecule has 0 spiro atoms. The molecule has 0 aliphatic carbocycles. The molecule has 3 rings (SSSR count). The zero-order valence-electron chi connectivity index (χ0n) is 9.17. The average molecular weight is 221 g/mol. The van der Waals surface area contributed by atoms with Crippen molar-refractivity contribution in [1.29, 1.82) is 0 Å². The molecule has 0 bridgehead atoms. The van der Waals surface area contributed by atoms with Crippen molar-refractivity contribution in [3.63, 3.8) is 0 Å². The summed E-state index contributed by atoms with van der Waals surface area (Å²) in [4.78, 5) is 8.74. The second kappa shape index (κ2) is 3.87. The van der Waals surface area contributed by atoms with E-state index in [1.165, 1.54) is 0 Å². The first-order valence-corrected chi connectivity index (χ1v) is 5.42. The van der Waals surface area contributed by atoms with E-state index >= 15 is 0 Å². The predicted octanol–water partition coefficient (Wildman–Crippen LogP) is 2.88. The lowest BCUT2D eigenvalue weighted by molar-refractivity contribution is 1.29. The van der Waals surface area contributed by atoms with Crippen LogP contribution in [0.4, 0.5) is 5.82 Å². The molecule has 0 unspecified atom stereocenters. The maximum absolute atomic E-state index is 5.66. The van der Waals surface area contributed by atoms with Gasteiger partial charge in [0.05, 0.1) is 5.69 Å². The van der Waals surface area contributed by atoms with Gasteiger partial charge in [-0.3, -0.25) is 0 Å². The van der Waals surface area contributed by atoms with Crippen molar-refractivity contribution in [1.82, 2.24) is 9.97 Å². The highest BCUT2D eigenvalue weighted by Gasteiger charge is 2.01. The topological polar surface area (TPSA) is 51.8 Å². The molecular formula is C14H11N3. The number of hydrogen-bond acceptors (Lipinski definition) is 3. The monoisotopic (exact) mass is 221 g/mol. The molecule has 3 nitrogen and oxygen atoms in total. The van der Waals surface area contributed by atoms with Crippen LogP contribution in [0.2, 0.25) is 0 Å². The lowest BCUT2D eigenvalue weighted by atomic mass is 10.1. The van der Waals surface area contributed by atoms with Gasteiger partial charge < -0.3 is 5.73 Å². The molecular weight excluding hydrogens is 210 g/mol. The Bertz CT molecular complexity index is 663. The van der Waals surface area contributed by atoms with Gasteiger partial charge in [0.1, 0.15) is 5.82 Å². The fourth-order valence-electron chi connectivity index (χ4n) is 1.78. The minimum atomic E-state index is 0.496. The van der Waals surface area contributed by atoms with Gasteiger partial charge in [-0.25, -0.2) is 9.97 Å². The van der Waals surface area contributed by atoms with E-state index in [4.69, 9.17) is 5.73 Å². The van der Waals surface area contributed by atoms with Crippen LogP contribution in [0.5, 0.6) is 0 Å². The Kier molecular flexibility index (Phi) is 2.22. The Morgan fingerprint density at radius 3 is 2.35 bits per heavy atom. The van der Waals surface area contributed by atoms with E-state index in [0.717, 1.165) is 16.6 Å². The Hall–Kier alpha value is -2.42. The summed E-state index contributed by atoms with van der Waals surface area (Å²) in [6, 6.07) is 17.8. The number of pyridine rings is 2. The Balaban J connectivity index is 2.19. The van der Waals surface area contributed by atoms with Crippen LogP contribution >= 0.6 is 0 Å². The third-order valence-electron chi connectivity index (χ3n) is 2.64. The standard InChI is InChI=1S/C14H11N3/c15-13-9-7-11-6-8-12(16-14(11)17-13)10-4-2-1-3-5-10/h1-9H,(H2,15,16,17). The second-order valence-corrected chi connectivity index (χ2v) is 3.85. The van der Waals surface area contributed by atoms with Gasteiger partial charge in [0.25, 0.3) is 0 Å². The van der Waals surface area contributed by atoms with Crippen molar-refractivity contribution in [3.05, 3.63) is 54.6 Å². The highest BCUT2D eigenvalue weighted by molar-refractivity contribution is 5.79. The molecule has 2 heterocycles. The highest BCUT2D eigenvalue weighted by Crippen LogP contribution is 2.20. The molecule has 17 heavy (non-hydrogen) atoms. The summed E-state index contributed by atoms with van der Waals surface area (Å²) >= 11 is 0. The second-order valence-electron chi connectivity index (χ2n) is 3.85. The number of hydrogen-bond donors (Lipinski definition) is 1. The summed E-state index contributed by atoms with van der Waals surface area (Å²) in [7, 11) is 0. The Morgan fingerprint density at radius 2 is 1.53 bits per heavy atom. The van der Waals surface area contributed by atoms with Crippen LogP contribution in [-0.4, -0.2) is 9.97 Å². The van der Waals surface area contributed by atoms with E-state index < -0.39 is 0 Å². The summed E-state index contributed by atoms with van der Waals surface area (Å²) in [5.41, 5.74) is 8.34. The number of anilines is 1. The zero-order chi connectivity index (χ0) is 11.7. The lowest BCUT2D eigenvalue weighted by Crippen LogP contribution is -1.92. The van der Waals surface area contributed by atoms with E-state index in [1.54, 1.807) is 6.07 Å². The number of aromatic nitrogens is 2. The minimum absolute atomic E-state index is 0.496. The third-order valence-corrected chi connectivity index (χ3v) is 2.64. The number of nitrogens with zero attached hydrogens (tertiary/aromatic N) is 2. The minimum Gasteiger partial charge on any atom is -0.384 e. The van der Waals surface area contributed by atoms with Crippen LogP contribution in [0.3, 0.4) is 0 Å². The molecule has 0 aliphatic heterocycles. The molecule has 0 saturated heterocycles. The number of nitrogen functional groups attached to an aromatic ring is 1. The zero-order valence-corrected chi connectivity index (χ0v) is 9.17. The van der Waals surface area contributed by atoms with Crippen LogP contribution in [-0.2, 0) is 0 Å². The van der Waals surface area contributed by atoms with Crippen molar-refractivity contribution in [3.8, 4) is 11.3 Å². The molecule has 1 aromatic carbocycles. The number of fused-ring (bicyclic) bond motifs is 1. The molecule has 0 radical (unpaired) electrons. The van der Waals surface area contributed by atoms with Crippen LogP contribution in [0.1, 0.15) is 0 Å². The summed E-state index contributed by atoms with van der Waals surface area (Å²) in [6.07, 6.45) is 0. The van der Waals surface area contributed by atoms with Crippen molar-refractivity contribution >= 4 is 16.9 Å². The number of rotatable bonds is 1. The van der Waals surface area contributed by atoms with E-state index in [0.29, 0.717) is 11.5 Å².